The van der Waals surface area contributed by atoms with Crippen LogP contribution in [0.4, 0.5) is 0 Å². The van der Waals surface area contributed by atoms with Crippen LogP contribution in [0.25, 0.3) is 0 Å². The number of alkyl halides is 1. The lowest BCUT2D eigenvalue weighted by Gasteiger charge is -2.09. The van der Waals surface area contributed by atoms with Gasteiger partial charge in [0, 0.05) is 17.3 Å². The van der Waals surface area contributed by atoms with Gasteiger partial charge < -0.3 is 0 Å². The van der Waals surface area contributed by atoms with Gasteiger partial charge in [-0.1, -0.05) is 21.1 Å². The molecule has 0 radical (unpaired) electrons. The molecule has 4 heteroatoms. The molecular formula is C9H14BrN3. The van der Waals surface area contributed by atoms with Gasteiger partial charge in [-0.05, 0) is 26.2 Å². The summed E-state index contributed by atoms with van der Waals surface area (Å²) in [6.07, 6.45) is 5.69. The van der Waals surface area contributed by atoms with E-state index in [1.54, 1.807) is 0 Å². The number of rotatable bonds is 2. The molecule has 1 aromatic rings. The molecule has 1 saturated carbocycles. The highest BCUT2D eigenvalue weighted by Crippen LogP contribution is 2.37. The molecule has 1 heterocycles. The second-order valence-electron chi connectivity index (χ2n) is 3.58. The summed E-state index contributed by atoms with van der Waals surface area (Å²) in [6, 6.07) is 0. The Labute approximate surface area is 86.6 Å². The van der Waals surface area contributed by atoms with Crippen molar-refractivity contribution in [2.75, 3.05) is 0 Å². The highest BCUT2D eigenvalue weighted by Gasteiger charge is 2.26. The zero-order valence-electron chi connectivity index (χ0n) is 7.78. The molecule has 0 N–H and O–H groups in total. The zero-order chi connectivity index (χ0) is 9.26. The Morgan fingerprint density at radius 2 is 2.46 bits per heavy atom. The number of hydrogen-bond acceptors (Lipinski definition) is 2. The van der Waals surface area contributed by atoms with E-state index in [0.717, 1.165) is 6.54 Å². The lowest BCUT2D eigenvalue weighted by atomic mass is 10.1. The monoisotopic (exact) mass is 243 g/mol. The maximum atomic E-state index is 4.06. The van der Waals surface area contributed by atoms with Gasteiger partial charge in [0.05, 0.1) is 11.9 Å². The Balaban J connectivity index is 2.16. The summed E-state index contributed by atoms with van der Waals surface area (Å²) in [5.74, 6) is 0.666. The van der Waals surface area contributed by atoms with Gasteiger partial charge in [-0.3, -0.25) is 0 Å². The molecule has 0 amide bonds. The summed E-state index contributed by atoms with van der Waals surface area (Å²) in [4.78, 5) is 0.692. The van der Waals surface area contributed by atoms with Crippen molar-refractivity contribution in [3.63, 3.8) is 0 Å². The summed E-state index contributed by atoms with van der Waals surface area (Å²) in [7, 11) is 0. The van der Waals surface area contributed by atoms with E-state index in [2.05, 4.69) is 33.2 Å². The predicted octanol–water partition coefficient (Wildman–Crippen LogP) is 2.33. The fourth-order valence-electron chi connectivity index (χ4n) is 2.02. The van der Waals surface area contributed by atoms with Crippen LogP contribution in [0.3, 0.4) is 0 Å². The molecule has 3 nitrogen and oxygen atoms in total. The summed E-state index contributed by atoms with van der Waals surface area (Å²) < 4.78 is 2.01. The van der Waals surface area contributed by atoms with Crippen LogP contribution in [0.5, 0.6) is 0 Å². The van der Waals surface area contributed by atoms with E-state index in [0.29, 0.717) is 10.7 Å². The quantitative estimate of drug-likeness (QED) is 0.747. The van der Waals surface area contributed by atoms with Crippen LogP contribution in [-0.4, -0.2) is 19.8 Å². The van der Waals surface area contributed by atoms with Gasteiger partial charge in [-0.15, -0.1) is 5.10 Å². The average Bonchev–Trinajstić information content (AvgIpc) is 2.71. The number of nitrogens with zero attached hydrogens (tertiary/aromatic N) is 3. The van der Waals surface area contributed by atoms with E-state index >= 15 is 0 Å². The molecule has 1 aromatic heterocycles. The van der Waals surface area contributed by atoms with Gasteiger partial charge in [0.25, 0.3) is 0 Å². The van der Waals surface area contributed by atoms with Crippen LogP contribution >= 0.6 is 15.9 Å². The van der Waals surface area contributed by atoms with Crippen molar-refractivity contribution < 1.29 is 0 Å². The first-order chi connectivity index (χ1) is 6.31. The van der Waals surface area contributed by atoms with E-state index in [1.807, 2.05) is 10.9 Å². The van der Waals surface area contributed by atoms with Crippen LogP contribution in [0, 0.1) is 0 Å². The van der Waals surface area contributed by atoms with Crippen molar-refractivity contribution in [3.8, 4) is 0 Å². The molecule has 1 aliphatic rings. The molecule has 2 atom stereocenters. The third kappa shape index (κ3) is 1.77. The summed E-state index contributed by atoms with van der Waals surface area (Å²) in [6.45, 7) is 3.04. The van der Waals surface area contributed by atoms with E-state index in [9.17, 15) is 0 Å². The molecule has 0 saturated heterocycles. The highest BCUT2D eigenvalue weighted by molar-refractivity contribution is 9.09. The number of halogens is 1. The second-order valence-corrected chi connectivity index (χ2v) is 4.88. The fourth-order valence-corrected chi connectivity index (χ4v) is 2.74. The Morgan fingerprint density at radius 1 is 1.62 bits per heavy atom. The largest absolute Gasteiger partial charge is 0.249 e. The maximum absolute atomic E-state index is 4.06. The molecule has 0 aliphatic heterocycles. The Hall–Kier alpha value is -0.380. The maximum Gasteiger partial charge on any atom is 0.0728 e. The third-order valence-electron chi connectivity index (χ3n) is 2.73. The smallest absolute Gasteiger partial charge is 0.0728 e. The normalized spacial score (nSPS) is 28.2. The third-order valence-corrected chi connectivity index (χ3v) is 3.57. The molecule has 2 unspecified atom stereocenters. The Morgan fingerprint density at radius 3 is 3.08 bits per heavy atom. The van der Waals surface area contributed by atoms with Gasteiger partial charge in [-0.2, -0.15) is 0 Å². The van der Waals surface area contributed by atoms with Gasteiger partial charge in [0.1, 0.15) is 0 Å². The zero-order valence-corrected chi connectivity index (χ0v) is 9.37. The fraction of sp³-hybridized carbons (Fsp3) is 0.778. The van der Waals surface area contributed by atoms with Crippen molar-refractivity contribution in [2.24, 2.45) is 0 Å². The highest BCUT2D eigenvalue weighted by atomic mass is 79.9. The minimum atomic E-state index is 0.666. The van der Waals surface area contributed by atoms with Crippen molar-refractivity contribution in [1.29, 1.82) is 0 Å². The first kappa shape index (κ1) is 9.19. The lowest BCUT2D eigenvalue weighted by molar-refractivity contribution is 0.556. The van der Waals surface area contributed by atoms with Gasteiger partial charge in [-0.25, -0.2) is 4.68 Å². The van der Waals surface area contributed by atoms with E-state index < -0.39 is 0 Å². The van der Waals surface area contributed by atoms with Crippen LogP contribution in [-0.2, 0) is 6.54 Å². The first-order valence-corrected chi connectivity index (χ1v) is 5.75. The SMILES string of the molecule is CCn1nncc1C1CCC(Br)C1. The molecule has 0 bridgehead atoms. The molecule has 72 valence electrons. The predicted molar refractivity (Wildman–Crippen MR) is 55.0 cm³/mol. The van der Waals surface area contributed by atoms with Crippen LogP contribution in [0.2, 0.25) is 0 Å². The Bertz CT molecular complexity index is 284. The molecule has 1 aliphatic carbocycles. The molecule has 0 aromatic carbocycles. The van der Waals surface area contributed by atoms with Gasteiger partial charge >= 0.3 is 0 Å². The van der Waals surface area contributed by atoms with E-state index in [4.69, 9.17) is 0 Å². The summed E-state index contributed by atoms with van der Waals surface area (Å²) in [5, 5.41) is 8.02. The second kappa shape index (κ2) is 3.78. The van der Waals surface area contributed by atoms with Gasteiger partial charge in [0.15, 0.2) is 0 Å². The molecular weight excluding hydrogens is 230 g/mol. The van der Waals surface area contributed by atoms with Crippen LogP contribution in [0.15, 0.2) is 6.20 Å². The topological polar surface area (TPSA) is 30.7 Å². The molecule has 1 fully saturated rings. The molecule has 0 spiro atoms. The van der Waals surface area contributed by atoms with Gasteiger partial charge in [0.2, 0.25) is 0 Å². The number of hydrogen-bond donors (Lipinski definition) is 0. The van der Waals surface area contributed by atoms with Crippen LogP contribution < -0.4 is 0 Å². The lowest BCUT2D eigenvalue weighted by Crippen LogP contribution is -2.06. The summed E-state index contributed by atoms with van der Waals surface area (Å²) in [5.41, 5.74) is 1.31. The van der Waals surface area contributed by atoms with E-state index in [-0.39, 0.29) is 0 Å². The van der Waals surface area contributed by atoms with Crippen molar-refractivity contribution >= 4 is 15.9 Å². The minimum absolute atomic E-state index is 0.666. The van der Waals surface area contributed by atoms with Crippen LogP contribution in [0.1, 0.15) is 37.8 Å². The van der Waals surface area contributed by atoms with Crippen molar-refractivity contribution in [1.82, 2.24) is 15.0 Å². The molecule has 13 heavy (non-hydrogen) atoms. The Kier molecular flexibility index (Phi) is 2.67. The first-order valence-electron chi connectivity index (χ1n) is 4.83. The molecule has 2 rings (SSSR count). The average molecular weight is 244 g/mol. The standard InChI is InChI=1S/C9H14BrN3/c1-2-13-9(6-11-12-13)7-3-4-8(10)5-7/h6-8H,2-5H2,1H3. The minimum Gasteiger partial charge on any atom is -0.249 e. The van der Waals surface area contributed by atoms with Crippen molar-refractivity contribution in [2.45, 2.75) is 43.5 Å². The number of aryl methyl sites for hydroxylation is 1. The summed E-state index contributed by atoms with van der Waals surface area (Å²) >= 11 is 3.66. The van der Waals surface area contributed by atoms with Crippen molar-refractivity contribution in [3.05, 3.63) is 11.9 Å². The van der Waals surface area contributed by atoms with E-state index in [1.165, 1.54) is 25.0 Å². The number of aromatic nitrogens is 3.